The standard InChI is InChI=1S/C7H8N2O5/c1-3-5(11)8-4(10)2-9(3)6(12)7(13)14/h3H,2H2,1H3,(H,13,14)(H,8,10,11). The van der Waals surface area contributed by atoms with Gasteiger partial charge < -0.3 is 10.0 Å². The minimum Gasteiger partial charge on any atom is -0.474 e. The minimum absolute atomic E-state index is 0.405. The summed E-state index contributed by atoms with van der Waals surface area (Å²) in [6.45, 7) is 0.945. The van der Waals surface area contributed by atoms with Crippen molar-refractivity contribution in [3.05, 3.63) is 0 Å². The Morgan fingerprint density at radius 1 is 1.50 bits per heavy atom. The Hall–Kier alpha value is -1.92. The largest absolute Gasteiger partial charge is 0.474 e. The molecule has 1 saturated heterocycles. The van der Waals surface area contributed by atoms with E-state index in [-0.39, 0.29) is 0 Å². The predicted molar refractivity (Wildman–Crippen MR) is 42.0 cm³/mol. The first kappa shape index (κ1) is 10.2. The van der Waals surface area contributed by atoms with Gasteiger partial charge in [-0.15, -0.1) is 0 Å². The van der Waals surface area contributed by atoms with Gasteiger partial charge in [0.2, 0.25) is 11.8 Å². The van der Waals surface area contributed by atoms with Crippen LogP contribution in [-0.4, -0.2) is 46.3 Å². The molecule has 1 fully saturated rings. The second kappa shape index (κ2) is 3.44. The van der Waals surface area contributed by atoms with Crippen molar-refractivity contribution in [2.24, 2.45) is 0 Å². The number of hydrogen-bond acceptors (Lipinski definition) is 4. The Kier molecular flexibility index (Phi) is 2.50. The van der Waals surface area contributed by atoms with Crippen LogP contribution in [0.5, 0.6) is 0 Å². The fourth-order valence-corrected chi connectivity index (χ4v) is 1.09. The number of carboxylic acid groups (broad SMARTS) is 1. The van der Waals surface area contributed by atoms with Gasteiger partial charge in [0.05, 0.1) is 0 Å². The highest BCUT2D eigenvalue weighted by molar-refractivity contribution is 6.32. The van der Waals surface area contributed by atoms with Gasteiger partial charge in [0, 0.05) is 0 Å². The van der Waals surface area contributed by atoms with Crippen LogP contribution in [0.2, 0.25) is 0 Å². The third-order valence-corrected chi connectivity index (χ3v) is 1.87. The molecule has 1 rings (SSSR count). The molecule has 76 valence electrons. The van der Waals surface area contributed by atoms with Crippen molar-refractivity contribution in [3.63, 3.8) is 0 Å². The number of aliphatic carboxylic acids is 1. The molecule has 2 N–H and O–H groups in total. The van der Waals surface area contributed by atoms with Crippen LogP contribution >= 0.6 is 0 Å². The zero-order valence-electron chi connectivity index (χ0n) is 7.31. The number of carboxylic acids is 1. The highest BCUT2D eigenvalue weighted by Gasteiger charge is 2.36. The van der Waals surface area contributed by atoms with E-state index in [0.29, 0.717) is 4.90 Å². The molecular formula is C7H8N2O5. The van der Waals surface area contributed by atoms with Gasteiger partial charge in [0.15, 0.2) is 0 Å². The van der Waals surface area contributed by atoms with Crippen molar-refractivity contribution in [3.8, 4) is 0 Å². The Morgan fingerprint density at radius 3 is 2.57 bits per heavy atom. The Bertz CT molecular complexity index is 324. The second-order valence-electron chi connectivity index (χ2n) is 2.83. The molecule has 7 nitrogen and oxygen atoms in total. The number of nitrogens with zero attached hydrogens (tertiary/aromatic N) is 1. The Morgan fingerprint density at radius 2 is 2.07 bits per heavy atom. The average molecular weight is 200 g/mol. The third-order valence-electron chi connectivity index (χ3n) is 1.87. The summed E-state index contributed by atoms with van der Waals surface area (Å²) in [6, 6.07) is -0.934. The number of amides is 3. The first-order chi connectivity index (χ1) is 6.43. The molecule has 0 aromatic heterocycles. The lowest BCUT2D eigenvalue weighted by Crippen LogP contribution is -2.59. The molecular weight excluding hydrogens is 192 g/mol. The number of hydrogen-bond donors (Lipinski definition) is 2. The van der Waals surface area contributed by atoms with Gasteiger partial charge in [-0.1, -0.05) is 0 Å². The topological polar surface area (TPSA) is 104 Å². The molecule has 7 heteroatoms. The minimum atomic E-state index is -1.68. The van der Waals surface area contributed by atoms with Crippen LogP contribution in [0.25, 0.3) is 0 Å². The molecule has 0 saturated carbocycles. The van der Waals surface area contributed by atoms with Gasteiger partial charge in [-0.2, -0.15) is 0 Å². The zero-order valence-corrected chi connectivity index (χ0v) is 7.31. The fourth-order valence-electron chi connectivity index (χ4n) is 1.09. The normalized spacial score (nSPS) is 21.8. The van der Waals surface area contributed by atoms with Gasteiger partial charge in [0.1, 0.15) is 12.6 Å². The molecule has 0 spiro atoms. The number of rotatable bonds is 0. The van der Waals surface area contributed by atoms with Gasteiger partial charge >= 0.3 is 11.9 Å². The van der Waals surface area contributed by atoms with Crippen molar-refractivity contribution in [1.29, 1.82) is 0 Å². The van der Waals surface area contributed by atoms with Gasteiger partial charge in [0.25, 0.3) is 0 Å². The average Bonchev–Trinajstić information content (AvgIpc) is 2.09. The van der Waals surface area contributed by atoms with Crippen LogP contribution in [0, 0.1) is 0 Å². The lowest BCUT2D eigenvalue weighted by Gasteiger charge is -2.29. The van der Waals surface area contributed by atoms with E-state index in [1.165, 1.54) is 6.92 Å². The first-order valence-corrected chi connectivity index (χ1v) is 3.81. The summed E-state index contributed by atoms with van der Waals surface area (Å²) in [5.74, 6) is -4.28. The van der Waals surface area contributed by atoms with Crippen LogP contribution < -0.4 is 5.32 Å². The second-order valence-corrected chi connectivity index (χ2v) is 2.83. The van der Waals surface area contributed by atoms with Crippen molar-refractivity contribution >= 4 is 23.7 Å². The number of carbonyl (C=O) groups is 4. The lowest BCUT2D eigenvalue weighted by atomic mass is 10.2. The van der Waals surface area contributed by atoms with Crippen LogP contribution in [0.1, 0.15) is 6.92 Å². The highest BCUT2D eigenvalue weighted by atomic mass is 16.4. The van der Waals surface area contributed by atoms with E-state index in [9.17, 15) is 19.2 Å². The molecule has 3 amide bonds. The third kappa shape index (κ3) is 1.70. The van der Waals surface area contributed by atoms with Gasteiger partial charge in [-0.05, 0) is 6.92 Å². The van der Waals surface area contributed by atoms with Crippen molar-refractivity contribution in [1.82, 2.24) is 10.2 Å². The summed E-state index contributed by atoms with van der Waals surface area (Å²) in [4.78, 5) is 43.9. The van der Waals surface area contributed by atoms with Crippen molar-refractivity contribution in [2.45, 2.75) is 13.0 Å². The Labute approximate surface area is 78.7 Å². The van der Waals surface area contributed by atoms with E-state index >= 15 is 0 Å². The molecule has 0 bridgehead atoms. The summed E-state index contributed by atoms with van der Waals surface area (Å²) < 4.78 is 0. The molecule has 0 aromatic carbocycles. The molecule has 1 atom stereocenters. The van der Waals surface area contributed by atoms with E-state index in [1.807, 2.05) is 5.32 Å². The van der Waals surface area contributed by atoms with Gasteiger partial charge in [-0.25, -0.2) is 4.79 Å². The monoisotopic (exact) mass is 200 g/mol. The van der Waals surface area contributed by atoms with E-state index in [1.54, 1.807) is 0 Å². The smallest absolute Gasteiger partial charge is 0.394 e. The van der Waals surface area contributed by atoms with Crippen LogP contribution in [0.15, 0.2) is 0 Å². The summed E-state index contributed by atoms with van der Waals surface area (Å²) >= 11 is 0. The highest BCUT2D eigenvalue weighted by Crippen LogP contribution is 2.04. The van der Waals surface area contributed by atoms with Gasteiger partial charge in [-0.3, -0.25) is 19.7 Å². The SMILES string of the molecule is CC1C(=O)NC(=O)CN1C(=O)C(=O)O. The van der Waals surface area contributed by atoms with Crippen LogP contribution in [-0.2, 0) is 19.2 Å². The van der Waals surface area contributed by atoms with Crippen molar-refractivity contribution in [2.75, 3.05) is 6.54 Å². The number of nitrogens with one attached hydrogen (secondary N) is 1. The van der Waals surface area contributed by atoms with Crippen LogP contribution in [0.3, 0.4) is 0 Å². The summed E-state index contributed by atoms with van der Waals surface area (Å²) in [5.41, 5.74) is 0. The molecule has 0 aromatic rings. The molecule has 1 heterocycles. The number of carbonyl (C=O) groups excluding carboxylic acids is 3. The summed E-state index contributed by atoms with van der Waals surface area (Å²) in [7, 11) is 0. The maximum atomic E-state index is 11.0. The number of imide groups is 1. The molecule has 1 aliphatic rings. The van der Waals surface area contributed by atoms with Crippen molar-refractivity contribution < 1.29 is 24.3 Å². The first-order valence-electron chi connectivity index (χ1n) is 3.81. The molecule has 14 heavy (non-hydrogen) atoms. The maximum Gasteiger partial charge on any atom is 0.394 e. The lowest BCUT2D eigenvalue weighted by molar-refractivity contribution is -0.160. The quantitative estimate of drug-likeness (QED) is 0.346. The van der Waals surface area contributed by atoms with E-state index < -0.39 is 36.3 Å². The summed E-state index contributed by atoms with van der Waals surface area (Å²) in [5, 5.41) is 10.4. The predicted octanol–water partition coefficient (Wildman–Crippen LogP) is -2.06. The van der Waals surface area contributed by atoms with E-state index in [4.69, 9.17) is 5.11 Å². The van der Waals surface area contributed by atoms with Crippen LogP contribution in [0.4, 0.5) is 0 Å². The van der Waals surface area contributed by atoms with E-state index in [2.05, 4.69) is 0 Å². The molecule has 0 aliphatic carbocycles. The molecule has 1 aliphatic heterocycles. The maximum absolute atomic E-state index is 11.0. The number of piperazine rings is 1. The fraction of sp³-hybridized carbons (Fsp3) is 0.429. The zero-order chi connectivity index (χ0) is 10.9. The van der Waals surface area contributed by atoms with E-state index in [0.717, 1.165) is 0 Å². The Balaban J connectivity index is 2.86. The molecule has 0 radical (unpaired) electrons. The molecule has 1 unspecified atom stereocenters. The summed E-state index contributed by atoms with van der Waals surface area (Å²) in [6.07, 6.45) is 0.